The summed E-state index contributed by atoms with van der Waals surface area (Å²) in [4.78, 5) is 36.9. The van der Waals surface area contributed by atoms with Gasteiger partial charge in [0.25, 0.3) is 5.91 Å². The quantitative estimate of drug-likeness (QED) is 0.879. The molecule has 0 atom stereocenters. The molecule has 0 saturated heterocycles. The van der Waals surface area contributed by atoms with Crippen LogP contribution in [0.5, 0.6) is 0 Å². The van der Waals surface area contributed by atoms with Crippen LogP contribution >= 0.6 is 0 Å². The van der Waals surface area contributed by atoms with Gasteiger partial charge in [-0.3, -0.25) is 14.4 Å². The minimum atomic E-state index is -0.754. The molecule has 0 spiro atoms. The maximum Gasteiger partial charge on any atom is 0.306 e. The van der Waals surface area contributed by atoms with E-state index < -0.39 is 5.97 Å². The van der Waals surface area contributed by atoms with E-state index in [-0.39, 0.29) is 30.3 Å². The van der Waals surface area contributed by atoms with E-state index in [2.05, 4.69) is 5.32 Å². The van der Waals surface area contributed by atoms with Crippen LogP contribution in [0.4, 0.5) is 0 Å². The summed E-state index contributed by atoms with van der Waals surface area (Å²) < 4.78 is 0. The van der Waals surface area contributed by atoms with Crippen molar-refractivity contribution in [3.8, 4) is 0 Å². The average molecular weight is 316 g/mol. The molecule has 1 fully saturated rings. The van der Waals surface area contributed by atoms with Crippen molar-refractivity contribution in [2.24, 2.45) is 5.92 Å². The van der Waals surface area contributed by atoms with E-state index in [1.54, 1.807) is 11.0 Å². The molecule has 6 nitrogen and oxygen atoms in total. The van der Waals surface area contributed by atoms with E-state index in [0.717, 1.165) is 5.56 Å². The Labute approximate surface area is 134 Å². The summed E-state index contributed by atoms with van der Waals surface area (Å²) in [5.41, 5.74) is 1.62. The average Bonchev–Trinajstić information content (AvgIpc) is 2.84. The predicted molar refractivity (Wildman–Crippen MR) is 82.7 cm³/mol. The van der Waals surface area contributed by atoms with E-state index in [0.29, 0.717) is 37.8 Å². The standard InChI is InChI=1S/C17H20N2O4/c20-15(18-13-7-5-11(6-8-13)17(22)23)10-19-9-12-3-1-2-4-14(12)16(19)21/h1-4,11,13H,5-10H2,(H,18,20)(H,22,23). The number of carbonyl (C=O) groups excluding carboxylic acids is 2. The molecule has 23 heavy (non-hydrogen) atoms. The summed E-state index contributed by atoms with van der Waals surface area (Å²) >= 11 is 0. The van der Waals surface area contributed by atoms with Gasteiger partial charge in [-0.05, 0) is 37.3 Å². The van der Waals surface area contributed by atoms with Gasteiger partial charge in [0, 0.05) is 18.2 Å². The predicted octanol–water partition coefficient (Wildman–Crippen LogP) is 1.40. The zero-order valence-corrected chi connectivity index (χ0v) is 12.8. The van der Waals surface area contributed by atoms with E-state index in [9.17, 15) is 14.4 Å². The third-order valence-corrected chi connectivity index (χ3v) is 4.67. The fourth-order valence-electron chi connectivity index (χ4n) is 3.37. The van der Waals surface area contributed by atoms with Crippen LogP contribution < -0.4 is 5.32 Å². The van der Waals surface area contributed by atoms with Crippen LogP contribution in [-0.4, -0.2) is 40.4 Å². The van der Waals surface area contributed by atoms with E-state index >= 15 is 0 Å². The van der Waals surface area contributed by atoms with Crippen molar-refractivity contribution in [1.82, 2.24) is 10.2 Å². The van der Waals surface area contributed by atoms with Gasteiger partial charge in [-0.2, -0.15) is 0 Å². The van der Waals surface area contributed by atoms with Gasteiger partial charge in [-0.15, -0.1) is 0 Å². The van der Waals surface area contributed by atoms with Crippen LogP contribution in [0.25, 0.3) is 0 Å². The minimum absolute atomic E-state index is 0.0122. The van der Waals surface area contributed by atoms with Crippen LogP contribution in [0.1, 0.15) is 41.6 Å². The molecule has 1 aliphatic carbocycles. The monoisotopic (exact) mass is 316 g/mol. The van der Waals surface area contributed by atoms with Crippen LogP contribution in [-0.2, 0) is 16.1 Å². The van der Waals surface area contributed by atoms with Gasteiger partial charge in [0.15, 0.2) is 0 Å². The lowest BCUT2D eigenvalue weighted by Crippen LogP contribution is -2.44. The Kier molecular flexibility index (Phi) is 4.32. The molecular weight excluding hydrogens is 296 g/mol. The highest BCUT2D eigenvalue weighted by atomic mass is 16.4. The van der Waals surface area contributed by atoms with Gasteiger partial charge in [-0.1, -0.05) is 18.2 Å². The molecule has 2 N–H and O–H groups in total. The van der Waals surface area contributed by atoms with Gasteiger partial charge >= 0.3 is 5.97 Å². The van der Waals surface area contributed by atoms with Crippen molar-refractivity contribution < 1.29 is 19.5 Å². The Morgan fingerprint density at radius 3 is 2.52 bits per heavy atom. The highest BCUT2D eigenvalue weighted by molar-refractivity contribution is 6.00. The number of carboxylic acids is 1. The molecule has 0 unspecified atom stereocenters. The lowest BCUT2D eigenvalue weighted by atomic mass is 9.86. The second-order valence-electron chi connectivity index (χ2n) is 6.27. The summed E-state index contributed by atoms with van der Waals surface area (Å²) in [6.07, 6.45) is 2.54. The Hall–Kier alpha value is -2.37. The van der Waals surface area contributed by atoms with Crippen molar-refractivity contribution in [2.45, 2.75) is 38.3 Å². The summed E-state index contributed by atoms with van der Waals surface area (Å²) in [6.45, 7) is 0.514. The first-order chi connectivity index (χ1) is 11.0. The number of amides is 2. The maximum absolute atomic E-state index is 12.2. The number of carbonyl (C=O) groups is 3. The molecule has 1 saturated carbocycles. The maximum atomic E-state index is 12.2. The normalized spacial score (nSPS) is 23.5. The van der Waals surface area contributed by atoms with Crippen molar-refractivity contribution in [1.29, 1.82) is 0 Å². The number of fused-ring (bicyclic) bond motifs is 1. The fourth-order valence-corrected chi connectivity index (χ4v) is 3.37. The number of carboxylic acid groups (broad SMARTS) is 1. The van der Waals surface area contributed by atoms with Gasteiger partial charge in [-0.25, -0.2) is 0 Å². The molecular formula is C17H20N2O4. The molecule has 122 valence electrons. The van der Waals surface area contributed by atoms with Gasteiger partial charge in [0.05, 0.1) is 5.92 Å². The molecule has 1 aromatic carbocycles. The molecule has 0 radical (unpaired) electrons. The molecule has 2 amide bonds. The Morgan fingerprint density at radius 1 is 1.17 bits per heavy atom. The van der Waals surface area contributed by atoms with Gasteiger partial charge in [0.2, 0.25) is 5.91 Å². The van der Waals surface area contributed by atoms with Crippen molar-refractivity contribution in [3.63, 3.8) is 0 Å². The van der Waals surface area contributed by atoms with Crippen molar-refractivity contribution >= 4 is 17.8 Å². The van der Waals surface area contributed by atoms with E-state index in [1.807, 2.05) is 18.2 Å². The lowest BCUT2D eigenvalue weighted by Gasteiger charge is -2.27. The van der Waals surface area contributed by atoms with E-state index in [1.165, 1.54) is 0 Å². The number of hydrogen-bond donors (Lipinski definition) is 2. The number of rotatable bonds is 4. The van der Waals surface area contributed by atoms with Crippen LogP contribution in [0, 0.1) is 5.92 Å². The highest BCUT2D eigenvalue weighted by Gasteiger charge is 2.30. The fraction of sp³-hybridized carbons (Fsp3) is 0.471. The van der Waals surface area contributed by atoms with E-state index in [4.69, 9.17) is 5.11 Å². The Bertz CT molecular complexity index is 635. The largest absolute Gasteiger partial charge is 0.481 e. The zero-order valence-electron chi connectivity index (χ0n) is 12.8. The number of hydrogen-bond acceptors (Lipinski definition) is 3. The Morgan fingerprint density at radius 2 is 1.87 bits per heavy atom. The molecule has 0 aromatic heterocycles. The first kappa shape index (κ1) is 15.5. The third kappa shape index (κ3) is 3.36. The molecule has 3 rings (SSSR count). The molecule has 6 heteroatoms. The highest BCUT2D eigenvalue weighted by Crippen LogP contribution is 2.25. The summed E-state index contributed by atoms with van der Waals surface area (Å²) in [7, 11) is 0. The third-order valence-electron chi connectivity index (χ3n) is 4.67. The molecule has 2 aliphatic rings. The van der Waals surface area contributed by atoms with Gasteiger partial charge in [0.1, 0.15) is 6.54 Å². The van der Waals surface area contributed by atoms with Crippen molar-refractivity contribution in [2.75, 3.05) is 6.54 Å². The SMILES string of the molecule is O=C(CN1Cc2ccccc2C1=O)NC1CCC(C(=O)O)CC1. The zero-order chi connectivity index (χ0) is 16.4. The lowest BCUT2D eigenvalue weighted by molar-refractivity contribution is -0.142. The molecule has 1 aliphatic heterocycles. The first-order valence-corrected chi connectivity index (χ1v) is 7.94. The van der Waals surface area contributed by atoms with Crippen LogP contribution in [0.15, 0.2) is 24.3 Å². The number of nitrogens with zero attached hydrogens (tertiary/aromatic N) is 1. The first-order valence-electron chi connectivity index (χ1n) is 7.94. The summed E-state index contributed by atoms with van der Waals surface area (Å²) in [6, 6.07) is 7.40. The second kappa shape index (κ2) is 6.40. The van der Waals surface area contributed by atoms with Crippen LogP contribution in [0.3, 0.4) is 0 Å². The molecule has 1 heterocycles. The second-order valence-corrected chi connectivity index (χ2v) is 6.27. The minimum Gasteiger partial charge on any atom is -0.481 e. The van der Waals surface area contributed by atoms with Crippen molar-refractivity contribution in [3.05, 3.63) is 35.4 Å². The number of nitrogens with one attached hydrogen (secondary N) is 1. The molecule has 1 aromatic rings. The smallest absolute Gasteiger partial charge is 0.306 e. The number of aliphatic carboxylic acids is 1. The molecule has 0 bridgehead atoms. The summed E-state index contributed by atoms with van der Waals surface area (Å²) in [5, 5.41) is 11.9. The Balaban J connectivity index is 1.50. The van der Waals surface area contributed by atoms with Gasteiger partial charge < -0.3 is 15.3 Å². The number of benzene rings is 1. The summed E-state index contributed by atoms with van der Waals surface area (Å²) in [5.74, 6) is -1.33. The topological polar surface area (TPSA) is 86.7 Å². The van der Waals surface area contributed by atoms with Crippen LogP contribution in [0.2, 0.25) is 0 Å².